The third-order valence-electron chi connectivity index (χ3n) is 3.79. The molecule has 0 saturated heterocycles. The van der Waals surface area contributed by atoms with Gasteiger partial charge in [0, 0.05) is 0 Å². The minimum Gasteiger partial charge on any atom is -0.504 e. The number of carbonyl (C=O) groups is 1. The van der Waals surface area contributed by atoms with Crippen molar-refractivity contribution in [2.45, 2.75) is 50.4 Å². The maximum absolute atomic E-state index is 12.0. The highest BCUT2D eigenvalue weighted by molar-refractivity contribution is 5.76. The molecule has 1 aromatic carbocycles. The molecule has 1 aromatic rings. The van der Waals surface area contributed by atoms with E-state index in [9.17, 15) is 20.1 Å². The fraction of sp³-hybridized carbons (Fsp3) is 0.533. The summed E-state index contributed by atoms with van der Waals surface area (Å²) in [5.74, 6) is -1.33. The van der Waals surface area contributed by atoms with Crippen LogP contribution in [-0.2, 0) is 9.53 Å². The van der Waals surface area contributed by atoms with E-state index in [1.807, 2.05) is 0 Å². The highest BCUT2D eigenvalue weighted by Gasteiger charge is 2.28. The molecule has 6 nitrogen and oxygen atoms in total. The zero-order chi connectivity index (χ0) is 15.4. The minimum atomic E-state index is -1.30. The Balaban J connectivity index is 1.98. The van der Waals surface area contributed by atoms with Crippen molar-refractivity contribution in [3.8, 4) is 11.5 Å². The molecule has 116 valence electrons. The van der Waals surface area contributed by atoms with Crippen LogP contribution in [0.25, 0.3) is 0 Å². The van der Waals surface area contributed by atoms with E-state index in [0.29, 0.717) is 0 Å². The van der Waals surface area contributed by atoms with Gasteiger partial charge in [0.25, 0.3) is 0 Å². The molecule has 0 amide bonds. The van der Waals surface area contributed by atoms with Crippen LogP contribution in [0.3, 0.4) is 0 Å². The first-order valence-electron chi connectivity index (χ1n) is 7.15. The minimum absolute atomic E-state index is 0.127. The molecule has 0 bridgehead atoms. The van der Waals surface area contributed by atoms with Gasteiger partial charge in [-0.2, -0.15) is 0 Å². The van der Waals surface area contributed by atoms with Crippen LogP contribution in [0.15, 0.2) is 18.2 Å². The van der Waals surface area contributed by atoms with E-state index in [-0.39, 0.29) is 23.2 Å². The molecule has 1 fully saturated rings. The number of hydrogen-bond donors (Lipinski definition) is 4. The molecule has 1 aliphatic carbocycles. The van der Waals surface area contributed by atoms with E-state index < -0.39 is 18.1 Å². The van der Waals surface area contributed by atoms with Crippen LogP contribution in [0.1, 0.15) is 43.8 Å². The fourth-order valence-corrected chi connectivity index (χ4v) is 2.49. The van der Waals surface area contributed by atoms with Gasteiger partial charge < -0.3 is 25.8 Å². The van der Waals surface area contributed by atoms with Gasteiger partial charge in [-0.25, -0.2) is 0 Å². The molecule has 1 unspecified atom stereocenters. The Kier molecular flexibility index (Phi) is 5.03. The number of aromatic hydroxyl groups is 2. The summed E-state index contributed by atoms with van der Waals surface area (Å²) in [6.45, 7) is 0. The highest BCUT2D eigenvalue weighted by atomic mass is 16.5. The van der Waals surface area contributed by atoms with Gasteiger partial charge in [0.2, 0.25) is 0 Å². The lowest BCUT2D eigenvalue weighted by molar-refractivity contribution is -0.155. The average molecular weight is 295 g/mol. The fourth-order valence-electron chi connectivity index (χ4n) is 2.49. The van der Waals surface area contributed by atoms with E-state index in [1.165, 1.54) is 18.2 Å². The molecule has 2 atom stereocenters. The molecule has 2 rings (SSSR count). The zero-order valence-corrected chi connectivity index (χ0v) is 11.7. The molecule has 0 aliphatic heterocycles. The Morgan fingerprint density at radius 3 is 2.48 bits per heavy atom. The summed E-state index contributed by atoms with van der Waals surface area (Å²) >= 11 is 0. The zero-order valence-electron chi connectivity index (χ0n) is 11.7. The summed E-state index contributed by atoms with van der Waals surface area (Å²) in [6, 6.07) is 2.57. The summed E-state index contributed by atoms with van der Waals surface area (Å²) in [7, 11) is 0. The summed E-state index contributed by atoms with van der Waals surface area (Å²) in [5.41, 5.74) is 5.98. The van der Waals surface area contributed by atoms with E-state index in [2.05, 4.69) is 0 Å². The second-order valence-electron chi connectivity index (χ2n) is 5.42. The lowest BCUT2D eigenvalue weighted by atomic mass is 9.97. The van der Waals surface area contributed by atoms with E-state index >= 15 is 0 Å². The Labute approximate surface area is 123 Å². The lowest BCUT2D eigenvalue weighted by Crippen LogP contribution is -2.40. The van der Waals surface area contributed by atoms with Crippen LogP contribution < -0.4 is 5.73 Å². The predicted molar refractivity (Wildman–Crippen MR) is 75.7 cm³/mol. The molecule has 1 saturated carbocycles. The van der Waals surface area contributed by atoms with E-state index in [1.54, 1.807) is 0 Å². The van der Waals surface area contributed by atoms with Crippen molar-refractivity contribution in [2.24, 2.45) is 5.73 Å². The number of carbonyl (C=O) groups excluding carboxylic acids is 1. The number of ether oxygens (including phenoxy) is 1. The lowest BCUT2D eigenvalue weighted by Gasteiger charge is -2.25. The molecular weight excluding hydrogens is 274 g/mol. The Bertz CT molecular complexity index is 499. The van der Waals surface area contributed by atoms with Crippen molar-refractivity contribution in [3.05, 3.63) is 23.8 Å². The summed E-state index contributed by atoms with van der Waals surface area (Å²) in [6.07, 6.45) is 3.44. The van der Waals surface area contributed by atoms with Crippen LogP contribution in [0.5, 0.6) is 11.5 Å². The number of rotatable bonds is 4. The smallest absolute Gasteiger partial charge is 0.326 e. The first-order chi connectivity index (χ1) is 9.99. The molecule has 6 heteroatoms. The molecule has 1 aliphatic rings. The number of phenolic OH excluding ortho intramolecular Hbond substituents is 2. The summed E-state index contributed by atoms with van der Waals surface area (Å²) in [5, 5.41) is 28.7. The largest absolute Gasteiger partial charge is 0.504 e. The number of aliphatic hydroxyl groups excluding tert-OH is 1. The number of hydrogen-bond acceptors (Lipinski definition) is 6. The van der Waals surface area contributed by atoms with Gasteiger partial charge in [-0.15, -0.1) is 0 Å². The summed E-state index contributed by atoms with van der Waals surface area (Å²) < 4.78 is 5.31. The van der Waals surface area contributed by atoms with Gasteiger partial charge in [0.1, 0.15) is 18.2 Å². The molecular formula is C15H21NO5. The molecule has 0 radical (unpaired) electrons. The number of phenols is 2. The molecule has 0 heterocycles. The van der Waals surface area contributed by atoms with Crippen LogP contribution >= 0.6 is 0 Å². The van der Waals surface area contributed by atoms with Crippen LogP contribution in [0.4, 0.5) is 0 Å². The van der Waals surface area contributed by atoms with Crippen LogP contribution in [-0.4, -0.2) is 33.4 Å². The quantitative estimate of drug-likeness (QED) is 0.492. The first-order valence-corrected chi connectivity index (χ1v) is 7.15. The van der Waals surface area contributed by atoms with Crippen LogP contribution in [0.2, 0.25) is 0 Å². The van der Waals surface area contributed by atoms with Crippen LogP contribution in [0, 0.1) is 0 Å². The van der Waals surface area contributed by atoms with Crippen molar-refractivity contribution < 1.29 is 24.9 Å². The summed E-state index contributed by atoms with van der Waals surface area (Å²) in [4.78, 5) is 12.0. The third-order valence-corrected chi connectivity index (χ3v) is 3.79. The maximum Gasteiger partial charge on any atom is 0.326 e. The van der Waals surface area contributed by atoms with Gasteiger partial charge in [0.05, 0.1) is 0 Å². The van der Waals surface area contributed by atoms with Crippen molar-refractivity contribution in [3.63, 3.8) is 0 Å². The van der Waals surface area contributed by atoms with Gasteiger partial charge >= 0.3 is 5.97 Å². The number of esters is 1. The monoisotopic (exact) mass is 295 g/mol. The van der Waals surface area contributed by atoms with Gasteiger partial charge in [0.15, 0.2) is 11.5 Å². The molecule has 0 spiro atoms. The van der Waals surface area contributed by atoms with Gasteiger partial charge in [-0.1, -0.05) is 12.5 Å². The van der Waals surface area contributed by atoms with Crippen molar-refractivity contribution in [1.82, 2.24) is 0 Å². The van der Waals surface area contributed by atoms with Gasteiger partial charge in [-0.05, 0) is 43.4 Å². The Morgan fingerprint density at radius 2 is 1.86 bits per heavy atom. The SMILES string of the molecule is N[C@H](C(=O)OC1CCCCC1)C(O)c1ccc(O)c(O)c1. The number of nitrogens with two attached hydrogens (primary N) is 1. The molecule has 0 aromatic heterocycles. The Hall–Kier alpha value is -1.79. The van der Waals surface area contributed by atoms with Crippen molar-refractivity contribution >= 4 is 5.97 Å². The van der Waals surface area contributed by atoms with Gasteiger partial charge in [-0.3, -0.25) is 4.79 Å². The normalized spacial score (nSPS) is 19.0. The first kappa shape index (κ1) is 15.6. The average Bonchev–Trinajstić information content (AvgIpc) is 2.49. The van der Waals surface area contributed by atoms with E-state index in [4.69, 9.17) is 10.5 Å². The molecule has 21 heavy (non-hydrogen) atoms. The second-order valence-corrected chi connectivity index (χ2v) is 5.42. The number of benzene rings is 1. The second kappa shape index (κ2) is 6.78. The van der Waals surface area contributed by atoms with E-state index in [0.717, 1.165) is 32.1 Å². The third kappa shape index (κ3) is 3.86. The van der Waals surface area contributed by atoms with Crippen molar-refractivity contribution in [2.75, 3.05) is 0 Å². The Morgan fingerprint density at radius 1 is 1.19 bits per heavy atom. The van der Waals surface area contributed by atoms with Crippen molar-refractivity contribution in [1.29, 1.82) is 0 Å². The highest BCUT2D eigenvalue weighted by Crippen LogP contribution is 2.29. The number of aliphatic hydroxyl groups is 1. The maximum atomic E-state index is 12.0. The standard InChI is InChI=1S/C15H21NO5/c16-13(15(20)21-10-4-2-1-3-5-10)14(19)9-6-7-11(17)12(18)8-9/h6-8,10,13-14,17-19H,1-5,16H2/t13-,14?/m0/s1. The topological polar surface area (TPSA) is 113 Å². The molecule has 5 N–H and O–H groups in total. The predicted octanol–water partition coefficient (Wildman–Crippen LogP) is 1.33.